The monoisotopic (exact) mass is 211 g/mol. The van der Waals surface area contributed by atoms with Gasteiger partial charge in [-0.2, -0.15) is 0 Å². The molecular weight excluding hydrogens is 189 g/mol. The Labute approximate surface area is 92.7 Å². The minimum Gasteiger partial charge on any atom is -1.00 e. The van der Waals surface area contributed by atoms with Crippen LogP contribution in [-0.2, 0) is 6.54 Å². The molecule has 0 heterocycles. The maximum atomic E-state index is 2.29. The summed E-state index contributed by atoms with van der Waals surface area (Å²) >= 11 is 0. The smallest absolute Gasteiger partial charge is 0.104 e. The van der Waals surface area contributed by atoms with Crippen LogP contribution in [0.15, 0.2) is 30.3 Å². The molecule has 0 aliphatic rings. The zero-order chi connectivity index (χ0) is 10.4. The summed E-state index contributed by atoms with van der Waals surface area (Å²) in [5.41, 5.74) is 1.46. The summed E-state index contributed by atoms with van der Waals surface area (Å²) in [4.78, 5) is 0. The number of quaternary nitrogens is 1. The van der Waals surface area contributed by atoms with E-state index in [-0.39, 0.29) is 4.70 Å². The number of halogens is 1. The fourth-order valence-corrected chi connectivity index (χ4v) is 1.98. The van der Waals surface area contributed by atoms with Gasteiger partial charge in [0.05, 0.1) is 19.6 Å². The van der Waals surface area contributed by atoms with Crippen molar-refractivity contribution in [1.82, 2.24) is 0 Å². The van der Waals surface area contributed by atoms with Gasteiger partial charge >= 0.3 is 0 Å². The average Bonchev–Trinajstić information content (AvgIpc) is 2.28. The molecule has 1 aromatic carbocycles. The van der Waals surface area contributed by atoms with Crippen molar-refractivity contribution in [3.8, 4) is 0 Å². The van der Waals surface area contributed by atoms with Gasteiger partial charge < -0.3 is 9.19 Å². The van der Waals surface area contributed by atoms with Crippen LogP contribution in [0.3, 0.4) is 0 Å². The Balaban J connectivity index is 0.00000196. The summed E-state index contributed by atoms with van der Waals surface area (Å²) in [5, 5.41) is 0. The third-order valence-corrected chi connectivity index (χ3v) is 3.37. The summed E-state index contributed by atoms with van der Waals surface area (Å²) < 4.78 is 1.20. The number of nitrogens with zero attached hydrogens (tertiary/aromatic N) is 1. The van der Waals surface area contributed by atoms with Crippen molar-refractivity contribution < 1.29 is 9.19 Å². The van der Waals surface area contributed by atoms with E-state index in [2.05, 4.69) is 51.1 Å². The lowest BCUT2D eigenvalue weighted by Crippen LogP contribution is -3.00. The van der Waals surface area contributed by atoms with E-state index in [9.17, 15) is 0 Å². The highest BCUT2D eigenvalue weighted by Gasteiger charge is 2.20. The molecule has 2 heteroatoms. The van der Waals surface area contributed by atoms with Gasteiger partial charge in [-0.25, -0.2) is 0 Å². The first kappa shape index (κ1) is 14.1. The maximum Gasteiger partial charge on any atom is 0.104 e. The van der Waals surface area contributed by atoms with E-state index in [4.69, 9.17) is 0 Å². The van der Waals surface area contributed by atoms with Gasteiger partial charge in [-0.3, -0.25) is 0 Å². The molecule has 1 aromatic rings. The third kappa shape index (κ3) is 3.63. The Morgan fingerprint density at radius 3 is 1.73 bits per heavy atom. The molecule has 0 radical (unpaired) electrons. The summed E-state index contributed by atoms with van der Waals surface area (Å²) in [6.07, 6.45) is 0. The van der Waals surface area contributed by atoms with Crippen LogP contribution in [0.2, 0.25) is 0 Å². The topological polar surface area (TPSA) is 0 Å². The highest BCUT2D eigenvalue weighted by atomic mass is 19.0. The second kappa shape index (κ2) is 6.57. The van der Waals surface area contributed by atoms with Gasteiger partial charge in [0, 0.05) is 5.56 Å². The van der Waals surface area contributed by atoms with Gasteiger partial charge in [0.25, 0.3) is 0 Å². The van der Waals surface area contributed by atoms with Crippen LogP contribution in [0.1, 0.15) is 26.3 Å². The van der Waals surface area contributed by atoms with Gasteiger partial charge in [-0.1, -0.05) is 30.3 Å². The molecule has 0 spiro atoms. The molecule has 0 N–H and O–H groups in total. The molecule has 0 aromatic heterocycles. The molecule has 0 amide bonds. The second-order valence-corrected chi connectivity index (χ2v) is 3.93. The SMILES string of the molecule is CC[N+](CC)(CC)Cc1ccccc1.[F-]. The summed E-state index contributed by atoms with van der Waals surface area (Å²) in [7, 11) is 0. The normalized spacial score (nSPS) is 10.9. The molecule has 0 fully saturated rings. The number of rotatable bonds is 5. The Kier molecular flexibility index (Phi) is 6.18. The molecule has 0 bridgehead atoms. The van der Waals surface area contributed by atoms with E-state index >= 15 is 0 Å². The molecule has 1 nitrogen and oxygen atoms in total. The van der Waals surface area contributed by atoms with Crippen molar-refractivity contribution in [2.45, 2.75) is 27.3 Å². The van der Waals surface area contributed by atoms with Crippen molar-refractivity contribution in [1.29, 1.82) is 0 Å². The highest BCUT2D eigenvalue weighted by Crippen LogP contribution is 2.13. The zero-order valence-electron chi connectivity index (χ0n) is 10.0. The maximum absolute atomic E-state index is 2.29. The van der Waals surface area contributed by atoms with Crippen LogP contribution < -0.4 is 4.70 Å². The predicted molar refractivity (Wildman–Crippen MR) is 62.0 cm³/mol. The minimum atomic E-state index is 0. The van der Waals surface area contributed by atoms with Gasteiger partial charge in [0.15, 0.2) is 0 Å². The van der Waals surface area contributed by atoms with Crippen LogP contribution in [0, 0.1) is 0 Å². The summed E-state index contributed by atoms with van der Waals surface area (Å²) in [5.74, 6) is 0. The van der Waals surface area contributed by atoms with Crippen molar-refractivity contribution in [2.75, 3.05) is 19.6 Å². The van der Waals surface area contributed by atoms with E-state index in [1.54, 1.807) is 0 Å². The van der Waals surface area contributed by atoms with Crippen LogP contribution in [0.5, 0.6) is 0 Å². The highest BCUT2D eigenvalue weighted by molar-refractivity contribution is 5.13. The molecule has 1 rings (SSSR count). The Morgan fingerprint density at radius 2 is 1.33 bits per heavy atom. The summed E-state index contributed by atoms with van der Waals surface area (Å²) in [6, 6.07) is 10.8. The van der Waals surface area contributed by atoms with Crippen LogP contribution in [-0.4, -0.2) is 24.1 Å². The zero-order valence-corrected chi connectivity index (χ0v) is 10.0. The van der Waals surface area contributed by atoms with E-state index in [0.29, 0.717) is 0 Å². The molecule has 0 aliphatic carbocycles. The van der Waals surface area contributed by atoms with Crippen molar-refractivity contribution >= 4 is 0 Å². The van der Waals surface area contributed by atoms with Crippen LogP contribution in [0.4, 0.5) is 0 Å². The lowest BCUT2D eigenvalue weighted by molar-refractivity contribution is -0.936. The van der Waals surface area contributed by atoms with Gasteiger partial charge in [-0.05, 0) is 20.8 Å². The molecular formula is C13H22FN. The first-order valence-corrected chi connectivity index (χ1v) is 5.65. The number of benzene rings is 1. The standard InChI is InChI=1S/C13H22N.FH/c1-4-14(5-2,6-3)12-13-10-8-7-9-11-13;/h7-11H,4-6,12H2,1-3H3;1H/q+1;/p-1. The fourth-order valence-electron chi connectivity index (χ4n) is 1.98. The van der Waals surface area contributed by atoms with E-state index in [1.165, 1.54) is 36.2 Å². The van der Waals surface area contributed by atoms with Crippen molar-refractivity contribution in [3.05, 3.63) is 35.9 Å². The van der Waals surface area contributed by atoms with Gasteiger partial charge in [-0.15, -0.1) is 0 Å². The van der Waals surface area contributed by atoms with Crippen molar-refractivity contribution in [3.63, 3.8) is 0 Å². The molecule has 15 heavy (non-hydrogen) atoms. The van der Waals surface area contributed by atoms with Gasteiger partial charge in [0.2, 0.25) is 0 Å². The first-order valence-electron chi connectivity index (χ1n) is 5.65. The number of hydrogen-bond acceptors (Lipinski definition) is 0. The quantitative estimate of drug-likeness (QED) is 0.605. The first-order chi connectivity index (χ1) is 6.76. The van der Waals surface area contributed by atoms with Crippen molar-refractivity contribution in [2.24, 2.45) is 0 Å². The molecule has 86 valence electrons. The molecule has 0 saturated carbocycles. The van der Waals surface area contributed by atoms with E-state index < -0.39 is 0 Å². The molecule has 0 atom stereocenters. The Bertz CT molecular complexity index is 246. The Morgan fingerprint density at radius 1 is 0.867 bits per heavy atom. The number of hydrogen-bond donors (Lipinski definition) is 0. The van der Waals surface area contributed by atoms with Gasteiger partial charge in [0.1, 0.15) is 6.54 Å². The van der Waals surface area contributed by atoms with E-state index in [1.807, 2.05) is 0 Å². The lowest BCUT2D eigenvalue weighted by Gasteiger charge is -2.35. The van der Waals surface area contributed by atoms with Crippen LogP contribution >= 0.6 is 0 Å². The predicted octanol–water partition coefficient (Wildman–Crippen LogP) is 0.0671. The third-order valence-electron chi connectivity index (χ3n) is 3.37. The van der Waals surface area contributed by atoms with Crippen LogP contribution in [0.25, 0.3) is 0 Å². The molecule has 0 unspecified atom stereocenters. The second-order valence-electron chi connectivity index (χ2n) is 3.93. The lowest BCUT2D eigenvalue weighted by atomic mass is 10.2. The minimum absolute atomic E-state index is 0. The molecule has 0 saturated heterocycles. The summed E-state index contributed by atoms with van der Waals surface area (Å²) in [6.45, 7) is 11.7. The fraction of sp³-hybridized carbons (Fsp3) is 0.538. The average molecular weight is 211 g/mol. The largest absolute Gasteiger partial charge is 1.00 e. The van der Waals surface area contributed by atoms with E-state index in [0.717, 1.165) is 0 Å². The Hall–Kier alpha value is -0.890. The molecule has 0 aliphatic heterocycles.